The second-order valence-corrected chi connectivity index (χ2v) is 5.41. The summed E-state index contributed by atoms with van der Waals surface area (Å²) in [6.45, 7) is 1.55. The predicted octanol–water partition coefficient (Wildman–Crippen LogP) is 0.760. The Bertz CT molecular complexity index is 299. The van der Waals surface area contributed by atoms with Gasteiger partial charge in [-0.25, -0.2) is 8.42 Å². The maximum Gasteiger partial charge on any atom is 0.215 e. The van der Waals surface area contributed by atoms with E-state index in [9.17, 15) is 8.42 Å². The molecule has 0 aromatic heterocycles. The molecular weight excluding hydrogens is 188 g/mol. The van der Waals surface area contributed by atoms with Crippen LogP contribution in [0.15, 0.2) is 0 Å². The van der Waals surface area contributed by atoms with E-state index in [0.717, 1.165) is 25.7 Å². The Balaban J connectivity index is 2.61. The normalized spacial score (nSPS) is 21.2. The van der Waals surface area contributed by atoms with E-state index in [0.29, 0.717) is 0 Å². The topological polar surface area (TPSA) is 70.0 Å². The third-order valence-electron chi connectivity index (χ3n) is 2.28. The van der Waals surface area contributed by atoms with Crippen LogP contribution >= 0.6 is 0 Å². The Kier molecular flexibility index (Phi) is 3.28. The molecule has 0 heterocycles. The van der Waals surface area contributed by atoms with Gasteiger partial charge in [-0.05, 0) is 19.8 Å². The van der Waals surface area contributed by atoms with E-state index >= 15 is 0 Å². The molecule has 1 aliphatic rings. The summed E-state index contributed by atoms with van der Waals surface area (Å²) in [5.74, 6) is 0. The van der Waals surface area contributed by atoms with Crippen LogP contribution in [0.25, 0.3) is 0 Å². The quantitative estimate of drug-likeness (QED) is 0.734. The molecule has 1 saturated carbocycles. The first-order chi connectivity index (χ1) is 6.06. The smallest absolute Gasteiger partial charge is 0.212 e. The molecule has 0 saturated heterocycles. The maximum atomic E-state index is 11.5. The van der Waals surface area contributed by atoms with Gasteiger partial charge in [0.1, 0.15) is 6.04 Å². The number of nitrogens with one attached hydrogen (secondary N) is 1. The Morgan fingerprint density at radius 1 is 1.46 bits per heavy atom. The van der Waals surface area contributed by atoms with Crippen molar-refractivity contribution in [2.24, 2.45) is 0 Å². The lowest BCUT2D eigenvalue weighted by Gasteiger charge is -2.12. The molecule has 1 N–H and O–H groups in total. The molecular formula is C8H14N2O2S. The highest BCUT2D eigenvalue weighted by Crippen LogP contribution is 2.23. The SMILES string of the molecule is C[C@H](C#N)NS(=O)(=O)C1CCCC1. The lowest BCUT2D eigenvalue weighted by atomic mass is 10.4. The average molecular weight is 202 g/mol. The van der Waals surface area contributed by atoms with Crippen LogP contribution in [-0.2, 0) is 10.0 Å². The summed E-state index contributed by atoms with van der Waals surface area (Å²) in [5.41, 5.74) is 0. The van der Waals surface area contributed by atoms with Gasteiger partial charge in [-0.2, -0.15) is 9.98 Å². The summed E-state index contributed by atoms with van der Waals surface area (Å²) in [6, 6.07) is 1.23. The van der Waals surface area contributed by atoms with Gasteiger partial charge >= 0.3 is 0 Å². The van der Waals surface area contributed by atoms with Gasteiger partial charge in [-0.1, -0.05) is 12.8 Å². The van der Waals surface area contributed by atoms with Crippen molar-refractivity contribution in [3.05, 3.63) is 0 Å². The van der Waals surface area contributed by atoms with Gasteiger partial charge in [0.15, 0.2) is 0 Å². The largest absolute Gasteiger partial charge is 0.215 e. The van der Waals surface area contributed by atoms with E-state index in [4.69, 9.17) is 5.26 Å². The third kappa shape index (κ3) is 2.68. The van der Waals surface area contributed by atoms with Crippen molar-refractivity contribution >= 4 is 10.0 Å². The van der Waals surface area contributed by atoms with Gasteiger partial charge in [-0.15, -0.1) is 0 Å². The fraction of sp³-hybridized carbons (Fsp3) is 0.875. The Morgan fingerprint density at radius 2 is 2.00 bits per heavy atom. The standard InChI is InChI=1S/C8H14N2O2S/c1-7(6-9)10-13(11,12)8-4-2-3-5-8/h7-8,10H,2-5H2,1H3/t7-/m1/s1. The summed E-state index contributed by atoms with van der Waals surface area (Å²) in [5, 5.41) is 8.19. The highest BCUT2D eigenvalue weighted by molar-refractivity contribution is 7.90. The van der Waals surface area contributed by atoms with Crippen LogP contribution in [0.4, 0.5) is 0 Å². The zero-order valence-electron chi connectivity index (χ0n) is 7.66. The zero-order chi connectivity index (χ0) is 9.90. The van der Waals surface area contributed by atoms with E-state index in [2.05, 4.69) is 4.72 Å². The molecule has 5 heteroatoms. The minimum Gasteiger partial charge on any atom is -0.212 e. The van der Waals surface area contributed by atoms with Crippen LogP contribution in [0.3, 0.4) is 0 Å². The van der Waals surface area contributed by atoms with Gasteiger partial charge in [0.05, 0.1) is 11.3 Å². The van der Waals surface area contributed by atoms with E-state index in [1.54, 1.807) is 6.92 Å². The minimum absolute atomic E-state index is 0.275. The lowest BCUT2D eigenvalue weighted by Crippen LogP contribution is -2.37. The second-order valence-electron chi connectivity index (χ2n) is 3.42. The first kappa shape index (κ1) is 10.5. The van der Waals surface area contributed by atoms with E-state index in [1.807, 2.05) is 6.07 Å². The van der Waals surface area contributed by atoms with Crippen molar-refractivity contribution in [2.45, 2.75) is 43.9 Å². The van der Waals surface area contributed by atoms with Gasteiger partial charge < -0.3 is 0 Å². The zero-order valence-corrected chi connectivity index (χ0v) is 8.47. The Labute approximate surface area is 79.0 Å². The molecule has 1 rings (SSSR count). The molecule has 74 valence electrons. The van der Waals surface area contributed by atoms with Crippen LogP contribution in [0.1, 0.15) is 32.6 Å². The summed E-state index contributed by atoms with van der Waals surface area (Å²) in [4.78, 5) is 0. The first-order valence-electron chi connectivity index (χ1n) is 4.47. The van der Waals surface area contributed by atoms with Crippen molar-refractivity contribution in [1.29, 1.82) is 5.26 Å². The second kappa shape index (κ2) is 4.07. The molecule has 0 aromatic carbocycles. The fourth-order valence-corrected chi connectivity index (χ4v) is 3.26. The molecule has 0 aliphatic heterocycles. The number of nitriles is 1. The Hall–Kier alpha value is -0.600. The molecule has 4 nitrogen and oxygen atoms in total. The van der Waals surface area contributed by atoms with Crippen molar-refractivity contribution in [3.63, 3.8) is 0 Å². The predicted molar refractivity (Wildman–Crippen MR) is 49.4 cm³/mol. The lowest BCUT2D eigenvalue weighted by molar-refractivity contribution is 0.560. The average Bonchev–Trinajstić information content (AvgIpc) is 2.55. The molecule has 13 heavy (non-hydrogen) atoms. The number of rotatable bonds is 3. The Morgan fingerprint density at radius 3 is 2.46 bits per heavy atom. The molecule has 1 fully saturated rings. The van der Waals surface area contributed by atoms with Gasteiger partial charge in [0.2, 0.25) is 10.0 Å². The van der Waals surface area contributed by atoms with E-state index < -0.39 is 16.1 Å². The van der Waals surface area contributed by atoms with Gasteiger partial charge in [0.25, 0.3) is 0 Å². The molecule has 0 amide bonds. The summed E-state index contributed by atoms with van der Waals surface area (Å²) in [7, 11) is -3.24. The summed E-state index contributed by atoms with van der Waals surface area (Å²) < 4.78 is 25.4. The molecule has 0 unspecified atom stereocenters. The van der Waals surface area contributed by atoms with Gasteiger partial charge in [0, 0.05) is 0 Å². The third-order valence-corrected chi connectivity index (χ3v) is 4.31. The molecule has 0 radical (unpaired) electrons. The number of nitrogens with zero attached hydrogens (tertiary/aromatic N) is 1. The van der Waals surface area contributed by atoms with E-state index in [-0.39, 0.29) is 5.25 Å². The van der Waals surface area contributed by atoms with Crippen molar-refractivity contribution in [2.75, 3.05) is 0 Å². The number of sulfonamides is 1. The van der Waals surface area contributed by atoms with Crippen molar-refractivity contribution in [3.8, 4) is 6.07 Å². The van der Waals surface area contributed by atoms with Crippen LogP contribution < -0.4 is 4.72 Å². The maximum absolute atomic E-state index is 11.5. The van der Waals surface area contributed by atoms with Gasteiger partial charge in [-0.3, -0.25) is 0 Å². The molecule has 0 aromatic rings. The van der Waals surface area contributed by atoms with Crippen molar-refractivity contribution in [1.82, 2.24) is 4.72 Å². The monoisotopic (exact) mass is 202 g/mol. The molecule has 0 spiro atoms. The molecule has 0 bridgehead atoms. The summed E-state index contributed by atoms with van der Waals surface area (Å²) >= 11 is 0. The van der Waals surface area contributed by atoms with Crippen molar-refractivity contribution < 1.29 is 8.42 Å². The fourth-order valence-electron chi connectivity index (χ4n) is 1.57. The van der Waals surface area contributed by atoms with Crippen LogP contribution in [0.2, 0.25) is 0 Å². The number of hydrogen-bond donors (Lipinski definition) is 1. The summed E-state index contributed by atoms with van der Waals surface area (Å²) in [6.07, 6.45) is 3.42. The minimum atomic E-state index is -3.24. The van der Waals surface area contributed by atoms with Crippen LogP contribution in [0, 0.1) is 11.3 Å². The van der Waals surface area contributed by atoms with Crippen LogP contribution in [0.5, 0.6) is 0 Å². The molecule has 1 atom stereocenters. The van der Waals surface area contributed by atoms with Crippen LogP contribution in [-0.4, -0.2) is 19.7 Å². The van der Waals surface area contributed by atoms with E-state index in [1.165, 1.54) is 0 Å². The highest BCUT2D eigenvalue weighted by atomic mass is 32.2. The molecule has 1 aliphatic carbocycles. The number of hydrogen-bond acceptors (Lipinski definition) is 3. The highest BCUT2D eigenvalue weighted by Gasteiger charge is 2.29. The first-order valence-corrected chi connectivity index (χ1v) is 6.01.